The van der Waals surface area contributed by atoms with Crippen molar-refractivity contribution in [2.45, 2.75) is 18.6 Å². The topological polar surface area (TPSA) is 81.4 Å². The van der Waals surface area contributed by atoms with Crippen LogP contribution in [0.3, 0.4) is 0 Å². The van der Waals surface area contributed by atoms with Gasteiger partial charge in [0.05, 0.1) is 19.1 Å². The first-order valence-electron chi connectivity index (χ1n) is 8.88. The van der Waals surface area contributed by atoms with Crippen molar-refractivity contribution < 1.29 is 9.53 Å². The normalized spacial score (nSPS) is 11.0. The fourth-order valence-corrected chi connectivity index (χ4v) is 3.44. The number of thioether (sulfide) groups is 1. The molecule has 150 valence electrons. The fourth-order valence-electron chi connectivity index (χ4n) is 2.52. The van der Waals surface area contributed by atoms with Crippen LogP contribution >= 0.6 is 23.4 Å². The maximum Gasteiger partial charge on any atom is 0.250 e. The first kappa shape index (κ1) is 20.9. The van der Waals surface area contributed by atoms with Crippen molar-refractivity contribution in [1.82, 2.24) is 20.2 Å². The Morgan fingerprint density at radius 3 is 2.59 bits per heavy atom. The van der Waals surface area contributed by atoms with Gasteiger partial charge in [-0.3, -0.25) is 4.79 Å². The zero-order valence-electron chi connectivity index (χ0n) is 16.0. The number of nitrogens with zero attached hydrogens (tertiary/aromatic N) is 4. The molecular weight excluding hydrogens is 410 g/mol. The maximum atomic E-state index is 12.1. The van der Waals surface area contributed by atoms with Crippen LogP contribution in [0.25, 0.3) is 11.4 Å². The fraction of sp³-hybridized carbons (Fsp3) is 0.200. The van der Waals surface area contributed by atoms with Gasteiger partial charge in [0.15, 0.2) is 11.0 Å². The summed E-state index contributed by atoms with van der Waals surface area (Å²) in [5, 5.41) is 13.8. The third-order valence-electron chi connectivity index (χ3n) is 3.99. The van der Waals surface area contributed by atoms with Gasteiger partial charge in [-0.25, -0.2) is 5.43 Å². The van der Waals surface area contributed by atoms with Crippen molar-refractivity contribution in [3.63, 3.8) is 0 Å². The highest BCUT2D eigenvalue weighted by Gasteiger charge is 2.14. The summed E-state index contributed by atoms with van der Waals surface area (Å²) in [6.45, 7) is 2.69. The molecule has 3 aromatic rings. The van der Waals surface area contributed by atoms with Crippen LogP contribution in [-0.2, 0) is 11.3 Å². The molecule has 0 atom stereocenters. The van der Waals surface area contributed by atoms with E-state index in [4.69, 9.17) is 16.3 Å². The van der Waals surface area contributed by atoms with E-state index in [-0.39, 0.29) is 11.7 Å². The largest absolute Gasteiger partial charge is 0.497 e. The molecule has 0 unspecified atom stereocenters. The Hall–Kier alpha value is -2.84. The number of benzene rings is 2. The predicted octanol–water partition coefficient (Wildman–Crippen LogP) is 3.87. The van der Waals surface area contributed by atoms with Crippen molar-refractivity contribution in [3.8, 4) is 17.1 Å². The summed E-state index contributed by atoms with van der Waals surface area (Å²) in [6.07, 6.45) is 1.58. The van der Waals surface area contributed by atoms with Crippen LogP contribution in [0, 0.1) is 0 Å². The number of hydrazone groups is 1. The third kappa shape index (κ3) is 5.58. The van der Waals surface area contributed by atoms with Crippen molar-refractivity contribution in [1.29, 1.82) is 0 Å². The molecule has 0 aliphatic rings. The summed E-state index contributed by atoms with van der Waals surface area (Å²) in [7, 11) is 1.61. The summed E-state index contributed by atoms with van der Waals surface area (Å²) < 4.78 is 7.06. The number of hydrogen-bond acceptors (Lipinski definition) is 6. The second-order valence-corrected chi connectivity index (χ2v) is 7.29. The van der Waals surface area contributed by atoms with Gasteiger partial charge in [0, 0.05) is 17.1 Å². The van der Waals surface area contributed by atoms with Crippen LogP contribution in [0.2, 0.25) is 5.02 Å². The first-order valence-corrected chi connectivity index (χ1v) is 10.2. The zero-order valence-corrected chi connectivity index (χ0v) is 17.6. The quantitative estimate of drug-likeness (QED) is 0.334. The Labute approximate surface area is 178 Å². The lowest BCUT2D eigenvalue weighted by Gasteiger charge is -2.07. The molecule has 0 bridgehead atoms. The van der Waals surface area contributed by atoms with Crippen LogP contribution in [0.15, 0.2) is 58.8 Å². The van der Waals surface area contributed by atoms with E-state index in [1.165, 1.54) is 11.8 Å². The van der Waals surface area contributed by atoms with Crippen molar-refractivity contribution in [3.05, 3.63) is 59.1 Å². The average Bonchev–Trinajstić information content (AvgIpc) is 3.16. The number of amides is 1. The van der Waals surface area contributed by atoms with E-state index in [9.17, 15) is 4.79 Å². The zero-order chi connectivity index (χ0) is 20.6. The highest BCUT2D eigenvalue weighted by atomic mass is 35.5. The Balaban J connectivity index is 1.57. The lowest BCUT2D eigenvalue weighted by molar-refractivity contribution is -0.118. The summed E-state index contributed by atoms with van der Waals surface area (Å²) in [5.41, 5.74) is 4.30. The van der Waals surface area contributed by atoms with Crippen LogP contribution in [0.4, 0.5) is 0 Å². The van der Waals surface area contributed by atoms with Crippen molar-refractivity contribution >= 4 is 35.5 Å². The van der Waals surface area contributed by atoms with Crippen LogP contribution in [0.1, 0.15) is 12.5 Å². The number of hydrogen-bond donors (Lipinski definition) is 1. The molecule has 9 heteroatoms. The van der Waals surface area contributed by atoms with Gasteiger partial charge < -0.3 is 9.30 Å². The van der Waals surface area contributed by atoms with Gasteiger partial charge >= 0.3 is 0 Å². The highest BCUT2D eigenvalue weighted by molar-refractivity contribution is 7.99. The number of carbonyl (C=O) groups is 1. The monoisotopic (exact) mass is 429 g/mol. The van der Waals surface area contributed by atoms with Gasteiger partial charge in [0.2, 0.25) is 0 Å². The number of rotatable bonds is 8. The molecule has 29 heavy (non-hydrogen) atoms. The summed E-state index contributed by atoms with van der Waals surface area (Å²) in [5.74, 6) is 1.46. The molecule has 0 fully saturated rings. The minimum absolute atomic E-state index is 0.179. The molecule has 1 heterocycles. The average molecular weight is 430 g/mol. The van der Waals surface area contributed by atoms with Crippen LogP contribution < -0.4 is 10.2 Å². The number of methoxy groups -OCH3 is 1. The van der Waals surface area contributed by atoms with Gasteiger partial charge in [-0.2, -0.15) is 5.10 Å². The molecule has 0 saturated carbocycles. The molecule has 7 nitrogen and oxygen atoms in total. The summed E-state index contributed by atoms with van der Waals surface area (Å²) >= 11 is 7.26. The molecule has 0 spiro atoms. The van der Waals surface area contributed by atoms with Crippen molar-refractivity contribution in [2.75, 3.05) is 12.9 Å². The Kier molecular flexibility index (Phi) is 7.26. The first-order chi connectivity index (χ1) is 14.1. The standard InChI is InChI=1S/C20H20ClN5O2S/c1-3-26-19(15-6-8-16(21)9-7-15)24-25-20(26)29-13-18(27)23-22-12-14-4-10-17(28-2)11-5-14/h4-12H,3,13H2,1-2H3,(H,23,27). The molecule has 1 aromatic heterocycles. The minimum atomic E-state index is -0.224. The molecule has 2 aromatic carbocycles. The Morgan fingerprint density at radius 1 is 1.21 bits per heavy atom. The molecule has 0 aliphatic carbocycles. The molecular formula is C20H20ClN5O2S. The van der Waals surface area contributed by atoms with Gasteiger partial charge in [0.1, 0.15) is 5.75 Å². The Bertz CT molecular complexity index is 987. The lowest BCUT2D eigenvalue weighted by atomic mass is 10.2. The van der Waals surface area contributed by atoms with E-state index < -0.39 is 0 Å². The third-order valence-corrected chi connectivity index (χ3v) is 5.21. The SMILES string of the molecule is CCn1c(SCC(=O)NN=Cc2ccc(OC)cc2)nnc1-c1ccc(Cl)cc1. The smallest absolute Gasteiger partial charge is 0.250 e. The molecule has 1 N–H and O–H groups in total. The van der Waals surface area contributed by atoms with E-state index in [2.05, 4.69) is 20.7 Å². The number of nitrogens with one attached hydrogen (secondary N) is 1. The van der Waals surface area contributed by atoms with E-state index in [0.29, 0.717) is 16.7 Å². The van der Waals surface area contributed by atoms with E-state index in [0.717, 1.165) is 22.7 Å². The number of ether oxygens (including phenoxy) is 1. The highest BCUT2D eigenvalue weighted by Crippen LogP contribution is 2.25. The number of aromatic nitrogens is 3. The number of carbonyl (C=O) groups excluding carboxylic acids is 1. The summed E-state index contributed by atoms with van der Waals surface area (Å²) in [4.78, 5) is 12.1. The van der Waals surface area contributed by atoms with Gasteiger partial charge in [0.25, 0.3) is 5.91 Å². The van der Waals surface area contributed by atoms with E-state index in [1.807, 2.05) is 60.0 Å². The van der Waals surface area contributed by atoms with Crippen LogP contribution in [-0.4, -0.2) is 39.7 Å². The molecule has 0 saturated heterocycles. The molecule has 0 radical (unpaired) electrons. The summed E-state index contributed by atoms with van der Waals surface area (Å²) in [6, 6.07) is 14.8. The number of halogens is 1. The van der Waals surface area contributed by atoms with Gasteiger partial charge in [-0.05, 0) is 61.0 Å². The molecule has 0 aliphatic heterocycles. The van der Waals surface area contributed by atoms with E-state index in [1.54, 1.807) is 13.3 Å². The Morgan fingerprint density at radius 2 is 1.93 bits per heavy atom. The maximum absolute atomic E-state index is 12.1. The predicted molar refractivity (Wildman–Crippen MR) is 116 cm³/mol. The van der Waals surface area contributed by atoms with Crippen LogP contribution in [0.5, 0.6) is 5.75 Å². The van der Waals surface area contributed by atoms with Gasteiger partial charge in [-0.1, -0.05) is 23.4 Å². The van der Waals surface area contributed by atoms with E-state index >= 15 is 0 Å². The lowest BCUT2D eigenvalue weighted by Crippen LogP contribution is -2.20. The molecule has 1 amide bonds. The molecule has 3 rings (SSSR count). The van der Waals surface area contributed by atoms with Gasteiger partial charge in [-0.15, -0.1) is 10.2 Å². The van der Waals surface area contributed by atoms with Crippen molar-refractivity contribution in [2.24, 2.45) is 5.10 Å². The second kappa shape index (κ2) is 10.1. The minimum Gasteiger partial charge on any atom is -0.497 e. The second-order valence-electron chi connectivity index (χ2n) is 5.91.